The van der Waals surface area contributed by atoms with Crippen LogP contribution in [0.2, 0.25) is 0 Å². The fraction of sp³-hybridized carbons (Fsp3) is 0.375. The monoisotopic (exact) mass is 447 g/mol. The number of hydrogen-bond acceptors (Lipinski definition) is 7. The van der Waals surface area contributed by atoms with E-state index in [4.69, 9.17) is 9.72 Å². The van der Waals surface area contributed by atoms with Crippen LogP contribution in [0.5, 0.6) is 5.75 Å². The van der Waals surface area contributed by atoms with Crippen LogP contribution in [0.15, 0.2) is 36.4 Å². The molecule has 7 nitrogen and oxygen atoms in total. The van der Waals surface area contributed by atoms with Crippen LogP contribution in [0.3, 0.4) is 0 Å². The Balaban J connectivity index is 1.46. The van der Waals surface area contributed by atoms with Crippen LogP contribution in [0.4, 0.5) is 0 Å². The third-order valence-electron chi connectivity index (χ3n) is 6.27. The van der Waals surface area contributed by atoms with Crippen molar-refractivity contribution in [2.24, 2.45) is 0 Å². The van der Waals surface area contributed by atoms with Gasteiger partial charge in [-0.3, -0.25) is 4.79 Å². The van der Waals surface area contributed by atoms with Gasteiger partial charge in [0.05, 0.1) is 17.5 Å². The first-order valence-corrected chi connectivity index (χ1v) is 11.8. The molecule has 0 radical (unpaired) electrons. The molecule has 1 aliphatic heterocycles. The van der Waals surface area contributed by atoms with Crippen molar-refractivity contribution in [1.82, 2.24) is 24.4 Å². The van der Waals surface area contributed by atoms with Gasteiger partial charge in [0.25, 0.3) is 0 Å². The van der Waals surface area contributed by atoms with Crippen LogP contribution in [-0.2, 0) is 0 Å². The number of aromatic nitrogens is 5. The van der Waals surface area contributed by atoms with E-state index < -0.39 is 5.60 Å². The molecule has 0 aliphatic carbocycles. The topological polar surface area (TPSA) is 82.8 Å². The number of nitrogens with zero attached hydrogens (tertiary/aromatic N) is 5. The lowest BCUT2D eigenvalue weighted by Gasteiger charge is -2.36. The zero-order valence-corrected chi connectivity index (χ0v) is 19.4. The highest BCUT2D eigenvalue weighted by molar-refractivity contribution is 7.09. The molecule has 0 amide bonds. The fourth-order valence-corrected chi connectivity index (χ4v) is 4.87. The van der Waals surface area contributed by atoms with E-state index in [9.17, 15) is 4.79 Å². The minimum Gasteiger partial charge on any atom is -0.486 e. The maximum absolute atomic E-state index is 12.9. The number of hydrogen-bond donors (Lipinski definition) is 0. The van der Waals surface area contributed by atoms with Crippen molar-refractivity contribution in [1.29, 1.82) is 0 Å². The normalized spacial score (nSPS) is 15.2. The first-order chi connectivity index (χ1) is 15.4. The highest BCUT2D eigenvalue weighted by atomic mass is 32.1. The van der Waals surface area contributed by atoms with Crippen molar-refractivity contribution in [2.45, 2.75) is 58.6 Å². The zero-order chi connectivity index (χ0) is 22.5. The predicted octanol–water partition coefficient (Wildman–Crippen LogP) is 5.72. The molecule has 164 valence electrons. The molecule has 0 N–H and O–H groups in total. The molecular formula is C24H25N5O2S. The highest BCUT2D eigenvalue weighted by Gasteiger charge is 2.37. The second-order valence-electron chi connectivity index (χ2n) is 8.56. The number of ketones is 1. The van der Waals surface area contributed by atoms with Gasteiger partial charge < -0.3 is 4.74 Å². The lowest BCUT2D eigenvalue weighted by Crippen LogP contribution is -2.40. The summed E-state index contributed by atoms with van der Waals surface area (Å²) >= 11 is 1.33. The summed E-state index contributed by atoms with van der Waals surface area (Å²) in [5, 5.41) is 9.34. The van der Waals surface area contributed by atoms with Gasteiger partial charge in [-0.25, -0.2) is 9.67 Å². The van der Waals surface area contributed by atoms with Gasteiger partial charge >= 0.3 is 0 Å². The number of fused-ring (bicyclic) bond motifs is 2. The number of benzene rings is 2. The summed E-state index contributed by atoms with van der Waals surface area (Å²) in [6, 6.07) is 11.9. The fourth-order valence-electron chi connectivity index (χ4n) is 4.19. The molecule has 32 heavy (non-hydrogen) atoms. The summed E-state index contributed by atoms with van der Waals surface area (Å²) in [4.78, 5) is 17.6. The summed E-state index contributed by atoms with van der Waals surface area (Å²) in [5.41, 5.74) is 3.81. The Kier molecular flexibility index (Phi) is 5.04. The quantitative estimate of drug-likeness (QED) is 0.389. The average Bonchev–Trinajstić information content (AvgIpc) is 3.46. The summed E-state index contributed by atoms with van der Waals surface area (Å²) in [6.07, 6.45) is 2.02. The largest absolute Gasteiger partial charge is 0.486 e. The van der Waals surface area contributed by atoms with Gasteiger partial charge in [0.15, 0.2) is 11.6 Å². The Morgan fingerprint density at radius 3 is 2.66 bits per heavy atom. The van der Waals surface area contributed by atoms with Gasteiger partial charge in [-0.05, 0) is 74.6 Å². The van der Waals surface area contributed by atoms with Crippen molar-refractivity contribution in [2.75, 3.05) is 0 Å². The van der Waals surface area contributed by atoms with Crippen LogP contribution in [0.25, 0.3) is 33.0 Å². The summed E-state index contributed by atoms with van der Waals surface area (Å²) in [6.45, 7) is 8.30. The standard InChI is InChI=1S/C24H25N5O2S/c1-5-24(6-2)13-20(30)17-11-15(8-10-21(17)31-24)22-25-23(32-27-22)16-7-9-19-18(12-16)26-28-29(19)14(3)4/h7-12,14H,5-6,13H2,1-4H3. The van der Waals surface area contributed by atoms with Crippen LogP contribution in [0, 0.1) is 0 Å². The van der Waals surface area contributed by atoms with E-state index in [2.05, 4.69) is 42.4 Å². The smallest absolute Gasteiger partial charge is 0.173 e. The molecule has 8 heteroatoms. The SMILES string of the molecule is CCC1(CC)CC(=O)c2cc(-c3nsc(-c4ccc5c(c4)nnn5C(C)C)n3)ccc2O1. The van der Waals surface area contributed by atoms with Crippen molar-refractivity contribution in [3.8, 4) is 27.7 Å². The molecule has 0 atom stereocenters. The third kappa shape index (κ3) is 3.39. The minimum absolute atomic E-state index is 0.117. The molecule has 1 aliphatic rings. The summed E-state index contributed by atoms with van der Waals surface area (Å²) in [5.74, 6) is 1.38. The van der Waals surface area contributed by atoms with E-state index in [1.165, 1.54) is 11.5 Å². The number of carbonyl (C=O) groups excluding carboxylic acids is 1. The van der Waals surface area contributed by atoms with E-state index in [-0.39, 0.29) is 11.8 Å². The number of carbonyl (C=O) groups is 1. The zero-order valence-electron chi connectivity index (χ0n) is 18.6. The Labute approximate surface area is 190 Å². The summed E-state index contributed by atoms with van der Waals surface area (Å²) in [7, 11) is 0. The van der Waals surface area contributed by atoms with E-state index >= 15 is 0 Å². The Hall–Kier alpha value is -3.13. The van der Waals surface area contributed by atoms with Crippen molar-refractivity contribution >= 4 is 28.3 Å². The second kappa shape index (κ2) is 7.78. The first kappa shape index (κ1) is 20.8. The molecule has 0 saturated carbocycles. The molecule has 2 aromatic heterocycles. The van der Waals surface area contributed by atoms with Gasteiger partial charge in [0.1, 0.15) is 21.9 Å². The van der Waals surface area contributed by atoms with Gasteiger partial charge in [0.2, 0.25) is 0 Å². The lowest BCUT2D eigenvalue weighted by atomic mass is 9.85. The van der Waals surface area contributed by atoms with Crippen LogP contribution in [0.1, 0.15) is 63.4 Å². The number of ether oxygens (including phenoxy) is 1. The van der Waals surface area contributed by atoms with Gasteiger partial charge in [-0.1, -0.05) is 19.1 Å². The van der Waals surface area contributed by atoms with Crippen LogP contribution < -0.4 is 4.74 Å². The molecular weight excluding hydrogens is 422 g/mol. The maximum atomic E-state index is 12.9. The molecule has 2 aromatic carbocycles. The second-order valence-corrected chi connectivity index (χ2v) is 9.31. The van der Waals surface area contributed by atoms with Crippen molar-refractivity contribution in [3.05, 3.63) is 42.0 Å². The Morgan fingerprint density at radius 1 is 1.12 bits per heavy atom. The van der Waals surface area contributed by atoms with E-state index in [0.29, 0.717) is 23.6 Å². The molecule has 0 fully saturated rings. The Morgan fingerprint density at radius 2 is 1.91 bits per heavy atom. The van der Waals surface area contributed by atoms with Gasteiger partial charge in [0, 0.05) is 17.2 Å². The Bertz CT molecular complexity index is 1320. The third-order valence-corrected chi connectivity index (χ3v) is 7.03. The van der Waals surface area contributed by atoms with E-state index in [1.54, 1.807) is 0 Å². The van der Waals surface area contributed by atoms with Crippen LogP contribution >= 0.6 is 11.5 Å². The molecule has 4 aromatic rings. The number of Topliss-reactive ketones (excluding diaryl/α,β-unsaturated/α-hetero) is 1. The van der Waals surface area contributed by atoms with Crippen molar-refractivity contribution < 1.29 is 9.53 Å². The number of rotatable bonds is 5. The molecule has 0 saturated heterocycles. The summed E-state index contributed by atoms with van der Waals surface area (Å²) < 4.78 is 12.7. The van der Waals surface area contributed by atoms with E-state index in [0.717, 1.165) is 40.0 Å². The highest BCUT2D eigenvalue weighted by Crippen LogP contribution is 2.39. The molecule has 0 bridgehead atoms. The van der Waals surface area contributed by atoms with Gasteiger partial charge in [-0.2, -0.15) is 4.37 Å². The first-order valence-electron chi connectivity index (χ1n) is 11.0. The average molecular weight is 448 g/mol. The predicted molar refractivity (Wildman–Crippen MR) is 125 cm³/mol. The van der Waals surface area contributed by atoms with Crippen LogP contribution in [-0.4, -0.2) is 35.7 Å². The van der Waals surface area contributed by atoms with Gasteiger partial charge in [-0.15, -0.1) is 5.10 Å². The lowest BCUT2D eigenvalue weighted by molar-refractivity contribution is 0.0350. The molecule has 0 unspecified atom stereocenters. The maximum Gasteiger partial charge on any atom is 0.173 e. The molecule has 3 heterocycles. The molecule has 5 rings (SSSR count). The van der Waals surface area contributed by atoms with E-state index in [1.807, 2.05) is 41.1 Å². The minimum atomic E-state index is -0.395. The van der Waals surface area contributed by atoms with Crippen molar-refractivity contribution in [3.63, 3.8) is 0 Å². The molecule has 0 spiro atoms.